The van der Waals surface area contributed by atoms with Crippen molar-refractivity contribution in [3.63, 3.8) is 0 Å². The van der Waals surface area contributed by atoms with Gasteiger partial charge in [0.05, 0.1) is 0 Å². The average molecular weight is 214 g/mol. The topological polar surface area (TPSA) is 0 Å². The van der Waals surface area contributed by atoms with Crippen LogP contribution in [0, 0.1) is 5.92 Å². The third-order valence-electron chi connectivity index (χ3n) is 2.67. The number of rotatable bonds is 2. The first-order valence-corrected chi connectivity index (χ1v) is 4.45. The van der Waals surface area contributed by atoms with Gasteiger partial charge in [-0.1, -0.05) is 23.4 Å². The van der Waals surface area contributed by atoms with E-state index in [0.717, 1.165) is 25.7 Å². The maximum Gasteiger partial charge on any atom is 1.00 e. The first-order valence-electron chi connectivity index (χ1n) is 4.45. The van der Waals surface area contributed by atoms with Crippen molar-refractivity contribution in [1.82, 2.24) is 0 Å². The Hall–Kier alpha value is 1.23. The van der Waals surface area contributed by atoms with Gasteiger partial charge < -0.3 is 12.9 Å². The zero-order valence-corrected chi connectivity index (χ0v) is 10.9. The van der Waals surface area contributed by atoms with Crippen molar-refractivity contribution in [2.75, 3.05) is 0 Å². The Labute approximate surface area is 119 Å². The first-order chi connectivity index (χ1) is 5.54. The van der Waals surface area contributed by atoms with Gasteiger partial charge in [0.1, 0.15) is 0 Å². The summed E-state index contributed by atoms with van der Waals surface area (Å²) < 4.78 is 35.8. The molecule has 0 spiro atoms. The third kappa shape index (κ3) is 3.70. The largest absolute Gasteiger partial charge is 1.00 e. The van der Waals surface area contributed by atoms with Crippen LogP contribution in [0.2, 0.25) is 6.32 Å². The van der Waals surface area contributed by atoms with Crippen LogP contribution in [-0.4, -0.2) is 6.98 Å². The van der Waals surface area contributed by atoms with E-state index in [1.807, 2.05) is 0 Å². The maximum absolute atomic E-state index is 11.9. The standard InChI is InChI=1S/C8H11BF3.K/c10-9(11,12)5-6-3-8(4-6)7-1-2-7;/h6H,1-5H2;/q-1;+1. The van der Waals surface area contributed by atoms with Crippen molar-refractivity contribution in [3.8, 4) is 0 Å². The zero-order valence-electron chi connectivity index (χ0n) is 7.82. The summed E-state index contributed by atoms with van der Waals surface area (Å²) in [6, 6.07) is 0. The van der Waals surface area contributed by atoms with Crippen LogP contribution in [0.3, 0.4) is 0 Å². The van der Waals surface area contributed by atoms with Crippen molar-refractivity contribution >= 4 is 6.98 Å². The SMILES string of the molecule is F[B-](F)(F)CC1CC(=C2CC2)C1.[K+]. The van der Waals surface area contributed by atoms with Gasteiger partial charge in [0.25, 0.3) is 0 Å². The van der Waals surface area contributed by atoms with Crippen molar-refractivity contribution < 1.29 is 64.3 Å². The molecule has 0 saturated heterocycles. The van der Waals surface area contributed by atoms with E-state index in [-0.39, 0.29) is 57.3 Å². The van der Waals surface area contributed by atoms with E-state index in [0.29, 0.717) is 0 Å². The molecular formula is C8H11BF3K. The normalized spacial score (nSPS) is 26.5. The molecule has 0 amide bonds. The van der Waals surface area contributed by atoms with Crippen LogP contribution in [-0.2, 0) is 0 Å². The zero-order chi connectivity index (χ0) is 8.77. The monoisotopic (exact) mass is 214 g/mol. The minimum Gasteiger partial charge on any atom is -0.449 e. The summed E-state index contributed by atoms with van der Waals surface area (Å²) in [5, 5.41) is 0. The van der Waals surface area contributed by atoms with Crippen LogP contribution in [0.1, 0.15) is 25.7 Å². The van der Waals surface area contributed by atoms with Crippen LogP contribution < -0.4 is 51.4 Å². The fourth-order valence-corrected chi connectivity index (χ4v) is 1.89. The minimum atomic E-state index is -4.54. The van der Waals surface area contributed by atoms with E-state index in [2.05, 4.69) is 0 Å². The molecule has 13 heavy (non-hydrogen) atoms. The molecule has 2 rings (SSSR count). The Balaban J connectivity index is 0.000000845. The van der Waals surface area contributed by atoms with Gasteiger partial charge >= 0.3 is 58.4 Å². The second kappa shape index (κ2) is 4.39. The van der Waals surface area contributed by atoms with E-state index in [1.54, 1.807) is 0 Å². The average Bonchev–Trinajstić information content (AvgIpc) is 2.56. The van der Waals surface area contributed by atoms with Gasteiger partial charge in [0.2, 0.25) is 0 Å². The molecule has 2 aliphatic rings. The molecule has 0 aliphatic heterocycles. The summed E-state index contributed by atoms with van der Waals surface area (Å²) in [6.07, 6.45) is 3.25. The quantitative estimate of drug-likeness (QED) is 0.459. The molecule has 0 heterocycles. The molecule has 0 aromatic carbocycles. The Morgan fingerprint density at radius 1 is 1.08 bits per heavy atom. The second-order valence-corrected chi connectivity index (χ2v) is 3.93. The Morgan fingerprint density at radius 2 is 1.62 bits per heavy atom. The van der Waals surface area contributed by atoms with Gasteiger partial charge in [0, 0.05) is 0 Å². The molecule has 2 saturated carbocycles. The number of halogens is 3. The van der Waals surface area contributed by atoms with Gasteiger partial charge in [-0.05, 0) is 25.7 Å². The van der Waals surface area contributed by atoms with Gasteiger partial charge in [-0.3, -0.25) is 0 Å². The van der Waals surface area contributed by atoms with Crippen molar-refractivity contribution in [2.24, 2.45) is 5.92 Å². The second-order valence-electron chi connectivity index (χ2n) is 3.93. The van der Waals surface area contributed by atoms with Gasteiger partial charge in [-0.2, -0.15) is 0 Å². The van der Waals surface area contributed by atoms with Crippen molar-refractivity contribution in [1.29, 1.82) is 0 Å². The molecule has 2 aliphatic carbocycles. The molecular weight excluding hydrogens is 203 g/mol. The van der Waals surface area contributed by atoms with Gasteiger partial charge in [0.15, 0.2) is 0 Å². The summed E-state index contributed by atoms with van der Waals surface area (Å²) in [5.41, 5.74) is 2.78. The molecule has 2 fully saturated rings. The van der Waals surface area contributed by atoms with Crippen LogP contribution in [0.25, 0.3) is 0 Å². The van der Waals surface area contributed by atoms with E-state index < -0.39 is 13.3 Å². The molecule has 5 heteroatoms. The molecule has 0 aromatic rings. The molecule has 0 nitrogen and oxygen atoms in total. The molecule has 0 radical (unpaired) electrons. The van der Waals surface area contributed by atoms with Crippen molar-refractivity contribution in [3.05, 3.63) is 11.1 Å². The number of hydrogen-bond acceptors (Lipinski definition) is 0. The van der Waals surface area contributed by atoms with Crippen LogP contribution in [0.5, 0.6) is 0 Å². The smallest absolute Gasteiger partial charge is 0.449 e. The van der Waals surface area contributed by atoms with E-state index in [9.17, 15) is 12.9 Å². The van der Waals surface area contributed by atoms with Crippen LogP contribution in [0.15, 0.2) is 11.1 Å². The van der Waals surface area contributed by atoms with E-state index >= 15 is 0 Å². The fourth-order valence-electron chi connectivity index (χ4n) is 1.89. The molecule has 0 unspecified atom stereocenters. The summed E-state index contributed by atoms with van der Waals surface area (Å²) in [5.74, 6) is -0.0758. The van der Waals surface area contributed by atoms with Crippen molar-refractivity contribution in [2.45, 2.75) is 32.0 Å². The molecule has 0 N–H and O–H groups in total. The Morgan fingerprint density at radius 3 is 2.00 bits per heavy atom. The Kier molecular flexibility index (Phi) is 4.16. The minimum absolute atomic E-state index is 0. The molecule has 0 aromatic heterocycles. The predicted molar refractivity (Wildman–Crippen MR) is 42.9 cm³/mol. The van der Waals surface area contributed by atoms with E-state index in [1.165, 1.54) is 11.1 Å². The predicted octanol–water partition coefficient (Wildman–Crippen LogP) is 0.338. The first kappa shape index (κ1) is 12.3. The van der Waals surface area contributed by atoms with E-state index in [4.69, 9.17) is 0 Å². The summed E-state index contributed by atoms with van der Waals surface area (Å²) in [4.78, 5) is 0. The Bertz CT molecular complexity index is 220. The fraction of sp³-hybridized carbons (Fsp3) is 0.750. The van der Waals surface area contributed by atoms with Gasteiger partial charge in [-0.25, -0.2) is 0 Å². The van der Waals surface area contributed by atoms with Crippen LogP contribution >= 0.6 is 0 Å². The van der Waals surface area contributed by atoms with Gasteiger partial charge in [-0.15, -0.1) is 0 Å². The number of hydrogen-bond donors (Lipinski definition) is 0. The number of allylic oxidation sites excluding steroid dienone is 2. The summed E-state index contributed by atoms with van der Waals surface area (Å²) >= 11 is 0. The molecule has 0 bridgehead atoms. The maximum atomic E-state index is 11.9. The summed E-state index contributed by atoms with van der Waals surface area (Å²) in [7, 11) is 0. The molecule has 0 atom stereocenters. The molecule has 68 valence electrons. The van der Waals surface area contributed by atoms with Crippen LogP contribution in [0.4, 0.5) is 12.9 Å². The third-order valence-corrected chi connectivity index (χ3v) is 2.67. The summed E-state index contributed by atoms with van der Waals surface area (Å²) in [6.45, 7) is -4.54.